The van der Waals surface area contributed by atoms with E-state index in [0.717, 1.165) is 10.8 Å². The van der Waals surface area contributed by atoms with Gasteiger partial charge in [-0.05, 0) is 18.2 Å². The van der Waals surface area contributed by atoms with Crippen LogP contribution in [0, 0.1) is 11.6 Å². The first-order chi connectivity index (χ1) is 9.06. The largest absolute Gasteiger partial charge is 0.396 e. The van der Waals surface area contributed by atoms with Gasteiger partial charge in [0.15, 0.2) is 0 Å². The number of thiazole rings is 1. The molecule has 0 aliphatic carbocycles. The normalized spacial score (nSPS) is 11.1. The molecule has 6 heteroatoms. The summed E-state index contributed by atoms with van der Waals surface area (Å²) in [6, 6.07) is 7.30. The minimum Gasteiger partial charge on any atom is -0.396 e. The Bertz CT molecular complexity index is 786. The third kappa shape index (κ3) is 2.05. The highest BCUT2D eigenvalue weighted by atomic mass is 35.5. The number of fused-ring (bicyclic) bond motifs is 1. The fourth-order valence-corrected chi connectivity index (χ4v) is 3.03. The number of nitrogen functional groups attached to an aromatic ring is 1. The van der Waals surface area contributed by atoms with E-state index < -0.39 is 11.6 Å². The molecule has 96 valence electrons. The molecule has 3 aromatic rings. The molecule has 0 aliphatic rings. The van der Waals surface area contributed by atoms with Crippen molar-refractivity contribution < 1.29 is 8.78 Å². The maximum absolute atomic E-state index is 13.8. The number of nitrogens with zero attached hydrogens (tertiary/aromatic N) is 1. The van der Waals surface area contributed by atoms with E-state index in [-0.39, 0.29) is 11.3 Å². The predicted octanol–water partition coefficient (Wildman–Crippen LogP) is 4.48. The van der Waals surface area contributed by atoms with E-state index >= 15 is 0 Å². The first-order valence-electron chi connectivity index (χ1n) is 5.36. The first-order valence-corrected chi connectivity index (χ1v) is 6.55. The molecule has 0 spiro atoms. The lowest BCUT2D eigenvalue weighted by Gasteiger charge is -2.01. The molecular formula is C13H7ClF2N2S. The van der Waals surface area contributed by atoms with Gasteiger partial charge in [0, 0.05) is 11.6 Å². The van der Waals surface area contributed by atoms with Crippen LogP contribution in [0.1, 0.15) is 0 Å². The second-order valence-electron chi connectivity index (χ2n) is 3.96. The number of aromatic nitrogens is 1. The van der Waals surface area contributed by atoms with Crippen molar-refractivity contribution in [1.82, 2.24) is 4.98 Å². The SMILES string of the molecule is Nc1cc(-c2nc3cccc(Cl)c3s2)c(F)cc1F. The van der Waals surface area contributed by atoms with Crippen LogP contribution in [-0.2, 0) is 0 Å². The zero-order chi connectivity index (χ0) is 13.6. The second kappa shape index (κ2) is 4.43. The summed E-state index contributed by atoms with van der Waals surface area (Å²) >= 11 is 7.29. The van der Waals surface area contributed by atoms with Gasteiger partial charge in [0.1, 0.15) is 16.6 Å². The molecule has 0 fully saturated rings. The summed E-state index contributed by atoms with van der Waals surface area (Å²) in [6.45, 7) is 0. The average Bonchev–Trinajstić information content (AvgIpc) is 2.79. The molecule has 19 heavy (non-hydrogen) atoms. The topological polar surface area (TPSA) is 38.9 Å². The van der Waals surface area contributed by atoms with Crippen LogP contribution in [0.15, 0.2) is 30.3 Å². The number of halogens is 3. The van der Waals surface area contributed by atoms with Gasteiger partial charge in [-0.25, -0.2) is 13.8 Å². The van der Waals surface area contributed by atoms with Crippen molar-refractivity contribution in [1.29, 1.82) is 0 Å². The summed E-state index contributed by atoms with van der Waals surface area (Å²) in [5.74, 6) is -1.47. The Morgan fingerprint density at radius 3 is 2.68 bits per heavy atom. The standard InChI is InChI=1S/C13H7ClF2N2S/c14-7-2-1-3-11-12(7)19-13(18-11)6-4-10(17)9(16)5-8(6)15/h1-5H,17H2. The summed E-state index contributed by atoms with van der Waals surface area (Å²) in [4.78, 5) is 4.29. The number of rotatable bonds is 1. The second-order valence-corrected chi connectivity index (χ2v) is 5.37. The van der Waals surface area contributed by atoms with Gasteiger partial charge in [0.25, 0.3) is 0 Å². The van der Waals surface area contributed by atoms with Crippen LogP contribution in [0.2, 0.25) is 5.02 Å². The van der Waals surface area contributed by atoms with Gasteiger partial charge in [-0.3, -0.25) is 0 Å². The third-order valence-corrected chi connectivity index (χ3v) is 4.25. The van der Waals surface area contributed by atoms with Crippen molar-refractivity contribution in [2.75, 3.05) is 5.73 Å². The van der Waals surface area contributed by atoms with E-state index in [0.29, 0.717) is 15.5 Å². The highest BCUT2D eigenvalue weighted by Crippen LogP contribution is 2.36. The summed E-state index contributed by atoms with van der Waals surface area (Å²) in [5.41, 5.74) is 6.20. The molecule has 3 rings (SSSR count). The highest BCUT2D eigenvalue weighted by Gasteiger charge is 2.14. The average molecular weight is 297 g/mol. The number of hydrogen-bond acceptors (Lipinski definition) is 3. The molecule has 2 N–H and O–H groups in total. The Morgan fingerprint density at radius 2 is 1.95 bits per heavy atom. The maximum Gasteiger partial charge on any atom is 0.149 e. The molecule has 1 aromatic heterocycles. The van der Waals surface area contributed by atoms with Gasteiger partial charge in [-0.2, -0.15) is 0 Å². The quantitative estimate of drug-likeness (QED) is 0.673. The van der Waals surface area contributed by atoms with E-state index in [1.807, 2.05) is 0 Å². The Kier molecular flexibility index (Phi) is 2.88. The minimum absolute atomic E-state index is 0.109. The molecule has 0 saturated carbocycles. The van der Waals surface area contributed by atoms with E-state index in [2.05, 4.69) is 4.98 Å². The van der Waals surface area contributed by atoms with E-state index in [9.17, 15) is 8.78 Å². The fraction of sp³-hybridized carbons (Fsp3) is 0. The minimum atomic E-state index is -0.777. The lowest BCUT2D eigenvalue weighted by Crippen LogP contribution is -1.94. The van der Waals surface area contributed by atoms with Crippen molar-refractivity contribution in [3.8, 4) is 10.6 Å². The van der Waals surface area contributed by atoms with E-state index in [1.54, 1.807) is 18.2 Å². The number of anilines is 1. The lowest BCUT2D eigenvalue weighted by molar-refractivity contribution is 0.588. The van der Waals surface area contributed by atoms with Crippen LogP contribution in [0.4, 0.5) is 14.5 Å². The first kappa shape index (κ1) is 12.3. The number of benzene rings is 2. The van der Waals surface area contributed by atoms with Gasteiger partial charge >= 0.3 is 0 Å². The Balaban J connectivity index is 2.25. The molecule has 0 amide bonds. The summed E-state index contributed by atoms with van der Waals surface area (Å²) in [6.07, 6.45) is 0. The zero-order valence-electron chi connectivity index (χ0n) is 9.45. The Labute approximate surface area is 116 Å². The van der Waals surface area contributed by atoms with Crippen LogP contribution in [0.3, 0.4) is 0 Å². The third-order valence-electron chi connectivity index (χ3n) is 2.68. The number of nitrogens with two attached hydrogens (primary N) is 1. The van der Waals surface area contributed by atoms with Crippen LogP contribution >= 0.6 is 22.9 Å². The van der Waals surface area contributed by atoms with Crippen LogP contribution in [-0.4, -0.2) is 4.98 Å². The summed E-state index contributed by atoms with van der Waals surface area (Å²) in [7, 11) is 0. The molecule has 0 atom stereocenters. The Morgan fingerprint density at radius 1 is 1.16 bits per heavy atom. The monoisotopic (exact) mass is 296 g/mol. The van der Waals surface area contributed by atoms with Gasteiger partial charge in [0.05, 0.1) is 20.9 Å². The predicted molar refractivity (Wildman–Crippen MR) is 74.4 cm³/mol. The van der Waals surface area contributed by atoms with E-state index in [1.165, 1.54) is 17.4 Å². The van der Waals surface area contributed by atoms with Crippen molar-refractivity contribution in [2.24, 2.45) is 0 Å². The van der Waals surface area contributed by atoms with Gasteiger partial charge in [-0.1, -0.05) is 17.7 Å². The fourth-order valence-electron chi connectivity index (χ4n) is 1.76. The highest BCUT2D eigenvalue weighted by molar-refractivity contribution is 7.22. The molecule has 1 heterocycles. The van der Waals surface area contributed by atoms with Crippen LogP contribution < -0.4 is 5.73 Å². The van der Waals surface area contributed by atoms with Crippen molar-refractivity contribution in [3.05, 3.63) is 47.0 Å². The molecule has 2 nitrogen and oxygen atoms in total. The van der Waals surface area contributed by atoms with Crippen molar-refractivity contribution in [2.45, 2.75) is 0 Å². The summed E-state index contributed by atoms with van der Waals surface area (Å²) < 4.78 is 27.7. The van der Waals surface area contributed by atoms with Crippen molar-refractivity contribution >= 4 is 38.8 Å². The van der Waals surface area contributed by atoms with Crippen LogP contribution in [0.25, 0.3) is 20.8 Å². The maximum atomic E-state index is 13.8. The van der Waals surface area contributed by atoms with Gasteiger partial charge < -0.3 is 5.73 Å². The molecule has 0 radical (unpaired) electrons. The smallest absolute Gasteiger partial charge is 0.149 e. The van der Waals surface area contributed by atoms with Crippen LogP contribution in [0.5, 0.6) is 0 Å². The molecule has 0 bridgehead atoms. The molecule has 0 saturated heterocycles. The summed E-state index contributed by atoms with van der Waals surface area (Å²) in [5, 5.41) is 0.976. The molecule has 2 aromatic carbocycles. The molecular weight excluding hydrogens is 290 g/mol. The Hall–Kier alpha value is -1.72. The lowest BCUT2D eigenvalue weighted by atomic mass is 10.2. The van der Waals surface area contributed by atoms with Gasteiger partial charge in [-0.15, -0.1) is 11.3 Å². The number of hydrogen-bond donors (Lipinski definition) is 1. The molecule has 0 aliphatic heterocycles. The van der Waals surface area contributed by atoms with Crippen molar-refractivity contribution in [3.63, 3.8) is 0 Å². The van der Waals surface area contributed by atoms with E-state index in [4.69, 9.17) is 17.3 Å². The zero-order valence-corrected chi connectivity index (χ0v) is 11.0. The van der Waals surface area contributed by atoms with Gasteiger partial charge in [0.2, 0.25) is 0 Å². The molecule has 0 unspecified atom stereocenters.